The summed E-state index contributed by atoms with van der Waals surface area (Å²) in [6, 6.07) is 12.2. The van der Waals surface area contributed by atoms with Crippen LogP contribution in [-0.4, -0.2) is 37.3 Å². The van der Waals surface area contributed by atoms with Gasteiger partial charge in [0.05, 0.1) is 13.2 Å². The van der Waals surface area contributed by atoms with Gasteiger partial charge < -0.3 is 19.7 Å². The summed E-state index contributed by atoms with van der Waals surface area (Å²) in [5.41, 5.74) is 1.04. The molecular weight excluding hydrogens is 385 g/mol. The number of methoxy groups -OCH3 is 1. The van der Waals surface area contributed by atoms with Crippen molar-refractivity contribution in [3.05, 3.63) is 41.4 Å². The average molecular weight is 412 g/mol. The number of hydrogen-bond acceptors (Lipinski definition) is 5. The Bertz CT molecular complexity index is 737. The molecule has 1 aliphatic rings. The molecule has 0 amide bonds. The molecule has 148 valence electrons. The number of piperidine rings is 1. The minimum Gasteiger partial charge on any atom is -0.491 e. The van der Waals surface area contributed by atoms with E-state index >= 15 is 0 Å². The van der Waals surface area contributed by atoms with Gasteiger partial charge in [-0.05, 0) is 70.1 Å². The van der Waals surface area contributed by atoms with Crippen LogP contribution in [0.15, 0.2) is 36.4 Å². The van der Waals surface area contributed by atoms with Crippen LogP contribution in [-0.2, 0) is 0 Å². The Kier molecular flexibility index (Phi) is 8.02. The van der Waals surface area contributed by atoms with E-state index in [0.29, 0.717) is 22.7 Å². The van der Waals surface area contributed by atoms with Crippen molar-refractivity contribution in [2.45, 2.75) is 38.8 Å². The van der Waals surface area contributed by atoms with Crippen molar-refractivity contribution >= 4 is 35.5 Å². The van der Waals surface area contributed by atoms with Crippen molar-refractivity contribution in [2.75, 3.05) is 25.1 Å². The molecule has 0 aliphatic carbocycles. The van der Waals surface area contributed by atoms with Gasteiger partial charge in [-0.15, -0.1) is 12.4 Å². The Morgan fingerprint density at radius 3 is 2.56 bits per heavy atom. The lowest BCUT2D eigenvalue weighted by Gasteiger charge is -2.36. The number of ether oxygens (including phenoxy) is 2. The van der Waals surface area contributed by atoms with E-state index in [-0.39, 0.29) is 18.5 Å². The summed E-state index contributed by atoms with van der Waals surface area (Å²) in [5.74, 6) is 2.00. The van der Waals surface area contributed by atoms with Gasteiger partial charge in [-0.1, -0.05) is 17.7 Å². The maximum Gasteiger partial charge on any atom is 0.259 e. The summed E-state index contributed by atoms with van der Waals surface area (Å²) in [6.45, 7) is 5.95. The van der Waals surface area contributed by atoms with Gasteiger partial charge in [0.15, 0.2) is 5.75 Å². The summed E-state index contributed by atoms with van der Waals surface area (Å²) >= 11 is 6.26. The van der Waals surface area contributed by atoms with Gasteiger partial charge in [0.25, 0.3) is 5.88 Å². The lowest BCUT2D eigenvalue weighted by Crippen LogP contribution is -2.41. The number of aromatic nitrogens is 1. The zero-order chi connectivity index (χ0) is 18.5. The average Bonchev–Trinajstić information content (AvgIpc) is 2.63. The second-order valence-corrected chi connectivity index (χ2v) is 7.11. The van der Waals surface area contributed by atoms with Crippen molar-refractivity contribution in [1.82, 2.24) is 10.3 Å². The highest BCUT2D eigenvalue weighted by molar-refractivity contribution is 6.30. The van der Waals surface area contributed by atoms with Crippen molar-refractivity contribution in [3.8, 4) is 11.6 Å². The van der Waals surface area contributed by atoms with Gasteiger partial charge in [-0.25, -0.2) is 0 Å². The number of rotatable bonds is 6. The topological polar surface area (TPSA) is 46.6 Å². The molecule has 0 spiro atoms. The highest BCUT2D eigenvalue weighted by atomic mass is 35.5. The highest BCUT2D eigenvalue weighted by Crippen LogP contribution is 2.35. The first-order valence-corrected chi connectivity index (χ1v) is 9.43. The zero-order valence-electron chi connectivity index (χ0n) is 15.9. The predicted octanol–water partition coefficient (Wildman–Crippen LogP) is 4.84. The number of nitrogens with one attached hydrogen (secondary N) is 1. The van der Waals surface area contributed by atoms with Crippen molar-refractivity contribution in [3.63, 3.8) is 0 Å². The first-order chi connectivity index (χ1) is 12.6. The van der Waals surface area contributed by atoms with Gasteiger partial charge in [0.1, 0.15) is 5.82 Å². The first-order valence-electron chi connectivity index (χ1n) is 9.05. The molecule has 0 atom stereocenters. The molecule has 0 bridgehead atoms. The van der Waals surface area contributed by atoms with Gasteiger partial charge in [-0.2, -0.15) is 4.98 Å². The SMILES string of the molecule is COc1ccc(N(c2cccc(Cl)c2)C2CCNCC2)nc1OC(C)C.Cl. The monoisotopic (exact) mass is 411 g/mol. The lowest BCUT2D eigenvalue weighted by molar-refractivity contribution is 0.220. The minimum absolute atomic E-state index is 0. The third kappa shape index (κ3) is 5.41. The fourth-order valence-electron chi connectivity index (χ4n) is 3.24. The van der Waals surface area contributed by atoms with Crippen molar-refractivity contribution in [2.24, 2.45) is 0 Å². The standard InChI is InChI=1S/C20H26ClN3O2.ClH/c1-14(2)26-20-18(25-3)7-8-19(23-20)24(16-9-11-22-12-10-16)17-6-4-5-15(21)13-17;/h4-8,13-14,16,22H,9-12H2,1-3H3;1H. The Balaban J connectivity index is 0.00000261. The zero-order valence-corrected chi connectivity index (χ0v) is 17.5. The lowest BCUT2D eigenvalue weighted by atomic mass is 10.0. The van der Waals surface area contributed by atoms with Crippen LogP contribution >= 0.6 is 24.0 Å². The van der Waals surface area contributed by atoms with E-state index in [4.69, 9.17) is 26.1 Å². The van der Waals surface area contributed by atoms with Crippen LogP contribution in [0.25, 0.3) is 0 Å². The van der Waals surface area contributed by atoms with Crippen molar-refractivity contribution in [1.29, 1.82) is 0 Å². The van der Waals surface area contributed by atoms with E-state index < -0.39 is 0 Å². The van der Waals surface area contributed by atoms with E-state index in [1.807, 2.05) is 44.2 Å². The quantitative estimate of drug-likeness (QED) is 0.736. The molecule has 1 aromatic carbocycles. The molecule has 1 fully saturated rings. The van der Waals surface area contributed by atoms with Crippen LogP contribution in [0.4, 0.5) is 11.5 Å². The first kappa shape index (κ1) is 21.6. The Hall–Kier alpha value is -1.69. The number of pyridine rings is 1. The smallest absolute Gasteiger partial charge is 0.259 e. The van der Waals surface area contributed by atoms with Crippen LogP contribution in [0.5, 0.6) is 11.6 Å². The number of halogens is 2. The Morgan fingerprint density at radius 1 is 1.19 bits per heavy atom. The van der Waals surface area contributed by atoms with Crippen LogP contribution in [0.2, 0.25) is 5.02 Å². The van der Waals surface area contributed by atoms with Crippen LogP contribution in [0.1, 0.15) is 26.7 Å². The third-order valence-electron chi connectivity index (χ3n) is 4.38. The molecule has 2 aromatic rings. The van der Waals surface area contributed by atoms with Crippen molar-refractivity contribution < 1.29 is 9.47 Å². The fraction of sp³-hybridized carbons (Fsp3) is 0.450. The second kappa shape index (κ2) is 10.0. The van der Waals surface area contributed by atoms with Gasteiger partial charge >= 0.3 is 0 Å². The van der Waals surface area contributed by atoms with E-state index in [9.17, 15) is 0 Å². The third-order valence-corrected chi connectivity index (χ3v) is 4.62. The molecule has 1 saturated heterocycles. The van der Waals surface area contributed by atoms with E-state index in [1.165, 1.54) is 0 Å². The molecule has 0 unspecified atom stereocenters. The fourth-order valence-corrected chi connectivity index (χ4v) is 3.42. The van der Waals surface area contributed by atoms with Crippen LogP contribution < -0.4 is 19.7 Å². The second-order valence-electron chi connectivity index (χ2n) is 6.67. The van der Waals surface area contributed by atoms with Crippen LogP contribution in [0.3, 0.4) is 0 Å². The summed E-state index contributed by atoms with van der Waals surface area (Å²) in [5, 5.41) is 4.14. The number of nitrogens with zero attached hydrogens (tertiary/aromatic N) is 2. The summed E-state index contributed by atoms with van der Waals surface area (Å²) in [7, 11) is 1.63. The van der Waals surface area contributed by atoms with Gasteiger partial charge in [0.2, 0.25) is 0 Å². The minimum atomic E-state index is 0. The number of hydrogen-bond donors (Lipinski definition) is 1. The van der Waals surface area contributed by atoms with Gasteiger partial charge in [0, 0.05) is 16.8 Å². The Morgan fingerprint density at radius 2 is 1.93 bits per heavy atom. The highest BCUT2D eigenvalue weighted by Gasteiger charge is 2.25. The molecule has 7 heteroatoms. The Labute approximate surface area is 172 Å². The van der Waals surface area contributed by atoms with E-state index in [0.717, 1.165) is 37.4 Å². The molecule has 0 radical (unpaired) electrons. The maximum atomic E-state index is 6.26. The summed E-state index contributed by atoms with van der Waals surface area (Å²) in [6.07, 6.45) is 2.10. The number of anilines is 2. The van der Waals surface area contributed by atoms with Gasteiger partial charge in [-0.3, -0.25) is 0 Å². The predicted molar refractivity (Wildman–Crippen MR) is 113 cm³/mol. The number of benzene rings is 1. The molecule has 2 heterocycles. The summed E-state index contributed by atoms with van der Waals surface area (Å²) in [4.78, 5) is 7.04. The molecule has 1 aromatic heterocycles. The van der Waals surface area contributed by atoms with E-state index in [1.54, 1.807) is 7.11 Å². The molecule has 1 N–H and O–H groups in total. The molecule has 5 nitrogen and oxygen atoms in total. The normalized spacial score (nSPS) is 14.6. The van der Waals surface area contributed by atoms with Crippen LogP contribution in [0, 0.1) is 0 Å². The molecule has 1 aliphatic heterocycles. The molecule has 0 saturated carbocycles. The summed E-state index contributed by atoms with van der Waals surface area (Å²) < 4.78 is 11.3. The molecule has 27 heavy (non-hydrogen) atoms. The largest absolute Gasteiger partial charge is 0.491 e. The maximum absolute atomic E-state index is 6.26. The molecule has 3 rings (SSSR count). The molecular formula is C20H27Cl2N3O2. The van der Waals surface area contributed by atoms with E-state index in [2.05, 4.69) is 16.3 Å².